The maximum absolute atomic E-state index is 12.9. The van der Waals surface area contributed by atoms with Crippen molar-refractivity contribution in [2.75, 3.05) is 5.73 Å². The smallest absolute Gasteiger partial charge is 0.297 e. The first-order valence-corrected chi connectivity index (χ1v) is 8.51. The Balaban J connectivity index is 2.45. The van der Waals surface area contributed by atoms with Gasteiger partial charge in [0.15, 0.2) is 4.90 Å². The van der Waals surface area contributed by atoms with E-state index in [2.05, 4.69) is 4.98 Å². The number of nitrogens with two attached hydrogens (primary N) is 1. The summed E-state index contributed by atoms with van der Waals surface area (Å²) in [6.07, 6.45) is 1.42. The molecule has 0 atom stereocenters. The normalized spacial score (nSPS) is 11.5. The second-order valence-corrected chi connectivity index (χ2v) is 7.20. The Morgan fingerprint density at radius 3 is 2.50 bits per heavy atom. The zero-order valence-electron chi connectivity index (χ0n) is 12.0. The van der Waals surface area contributed by atoms with Gasteiger partial charge in [-0.15, -0.1) is 0 Å². The average Bonchev–Trinajstić information content (AvgIpc) is 2.54. The molecular formula is C15H10ClN3O4S. The first-order chi connectivity index (χ1) is 11.3. The minimum atomic E-state index is -4.24. The highest BCUT2D eigenvalue weighted by molar-refractivity contribution is 7.91. The molecule has 122 valence electrons. The summed E-state index contributed by atoms with van der Waals surface area (Å²) in [6, 6.07) is 9.65. The fraction of sp³-hybridized carbons (Fsp3) is 0. The number of hydrogen-bond acceptors (Lipinski definition) is 6. The number of rotatable bonds is 3. The van der Waals surface area contributed by atoms with Crippen molar-refractivity contribution in [3.8, 4) is 0 Å². The van der Waals surface area contributed by atoms with Gasteiger partial charge in [0.1, 0.15) is 5.52 Å². The van der Waals surface area contributed by atoms with E-state index in [1.165, 1.54) is 36.5 Å². The molecule has 9 heteroatoms. The number of nitro benzene ring substituents is 1. The molecular weight excluding hydrogens is 354 g/mol. The Labute approximate surface area is 141 Å². The second-order valence-electron chi connectivity index (χ2n) is 4.90. The van der Waals surface area contributed by atoms with Crippen LogP contribution >= 0.6 is 11.6 Å². The highest BCUT2D eigenvalue weighted by Crippen LogP contribution is 2.39. The summed E-state index contributed by atoms with van der Waals surface area (Å²) in [7, 11) is -4.24. The SMILES string of the molecule is Nc1cc(S(=O)(=O)c2ccccc2Cl)c([N+](=O)[O-])c2cccnc12. The Morgan fingerprint density at radius 2 is 1.83 bits per heavy atom. The highest BCUT2D eigenvalue weighted by Gasteiger charge is 2.32. The fourth-order valence-corrected chi connectivity index (χ4v) is 4.39. The van der Waals surface area contributed by atoms with Crippen molar-refractivity contribution in [1.82, 2.24) is 4.98 Å². The third kappa shape index (κ3) is 2.45. The predicted octanol–water partition coefficient (Wildman–Crippen LogP) is 3.21. The molecule has 0 amide bonds. The highest BCUT2D eigenvalue weighted by atomic mass is 35.5. The van der Waals surface area contributed by atoms with Gasteiger partial charge in [0, 0.05) is 6.20 Å². The Morgan fingerprint density at radius 1 is 1.12 bits per heavy atom. The van der Waals surface area contributed by atoms with Gasteiger partial charge in [-0.3, -0.25) is 15.1 Å². The lowest BCUT2D eigenvalue weighted by Crippen LogP contribution is -2.08. The van der Waals surface area contributed by atoms with Gasteiger partial charge in [-0.25, -0.2) is 8.42 Å². The predicted molar refractivity (Wildman–Crippen MR) is 89.7 cm³/mol. The molecule has 3 aromatic rings. The Hall–Kier alpha value is -2.71. The molecule has 2 N–H and O–H groups in total. The van der Waals surface area contributed by atoms with Gasteiger partial charge in [-0.05, 0) is 30.3 Å². The van der Waals surface area contributed by atoms with E-state index >= 15 is 0 Å². The van der Waals surface area contributed by atoms with Gasteiger partial charge in [0.05, 0.1) is 25.9 Å². The summed E-state index contributed by atoms with van der Waals surface area (Å²) in [5.41, 5.74) is 5.48. The Kier molecular flexibility index (Phi) is 3.86. The number of nitrogen functional groups attached to an aromatic ring is 1. The lowest BCUT2D eigenvalue weighted by Gasteiger charge is -2.10. The first-order valence-electron chi connectivity index (χ1n) is 6.65. The average molecular weight is 364 g/mol. The molecule has 0 aliphatic heterocycles. The van der Waals surface area contributed by atoms with Gasteiger partial charge < -0.3 is 5.73 Å². The van der Waals surface area contributed by atoms with Gasteiger partial charge in [-0.1, -0.05) is 23.7 Å². The molecule has 0 saturated heterocycles. The topological polar surface area (TPSA) is 116 Å². The molecule has 2 aromatic carbocycles. The zero-order valence-corrected chi connectivity index (χ0v) is 13.6. The van der Waals surface area contributed by atoms with Crippen LogP contribution in [0.2, 0.25) is 5.02 Å². The molecule has 0 spiro atoms. The van der Waals surface area contributed by atoms with Crippen molar-refractivity contribution >= 4 is 43.7 Å². The van der Waals surface area contributed by atoms with Crippen molar-refractivity contribution in [2.45, 2.75) is 9.79 Å². The molecule has 0 bridgehead atoms. The van der Waals surface area contributed by atoms with E-state index < -0.39 is 25.3 Å². The number of benzene rings is 2. The first kappa shape index (κ1) is 16.2. The standard InChI is InChI=1S/C15H10ClN3O4S/c16-10-5-1-2-6-12(10)24(22,23)13-8-11(17)14-9(4-3-7-18-14)15(13)19(20)21/h1-8H,17H2. The van der Waals surface area contributed by atoms with Gasteiger partial charge in [0.2, 0.25) is 9.84 Å². The number of fused-ring (bicyclic) bond motifs is 1. The van der Waals surface area contributed by atoms with E-state index in [0.717, 1.165) is 6.07 Å². The number of hydrogen-bond donors (Lipinski definition) is 1. The summed E-state index contributed by atoms with van der Waals surface area (Å²) < 4.78 is 25.8. The van der Waals surface area contributed by atoms with Crippen LogP contribution in [0.5, 0.6) is 0 Å². The second kappa shape index (κ2) is 5.73. The monoisotopic (exact) mass is 363 g/mol. The quantitative estimate of drug-likeness (QED) is 0.434. The van der Waals surface area contributed by atoms with Gasteiger partial charge >= 0.3 is 0 Å². The van der Waals surface area contributed by atoms with Crippen molar-refractivity contribution < 1.29 is 13.3 Å². The van der Waals surface area contributed by atoms with E-state index in [1.807, 2.05) is 0 Å². The summed E-state index contributed by atoms with van der Waals surface area (Å²) >= 11 is 5.96. The molecule has 0 aliphatic carbocycles. The van der Waals surface area contributed by atoms with Crippen molar-refractivity contribution in [3.63, 3.8) is 0 Å². The van der Waals surface area contributed by atoms with Crippen LogP contribution < -0.4 is 5.73 Å². The van der Waals surface area contributed by atoms with Crippen LogP contribution in [0, 0.1) is 10.1 Å². The van der Waals surface area contributed by atoms with E-state index in [4.69, 9.17) is 17.3 Å². The molecule has 3 rings (SSSR count). The van der Waals surface area contributed by atoms with E-state index in [-0.39, 0.29) is 26.5 Å². The minimum absolute atomic E-state index is 0.0295. The number of halogens is 1. The van der Waals surface area contributed by atoms with Crippen molar-refractivity contribution in [1.29, 1.82) is 0 Å². The van der Waals surface area contributed by atoms with Crippen molar-refractivity contribution in [3.05, 3.63) is 63.8 Å². The summed E-state index contributed by atoms with van der Waals surface area (Å²) in [5.74, 6) is 0. The summed E-state index contributed by atoms with van der Waals surface area (Å²) in [4.78, 5) is 14.0. The molecule has 0 unspecified atom stereocenters. The van der Waals surface area contributed by atoms with E-state index in [0.29, 0.717) is 0 Å². The fourth-order valence-electron chi connectivity index (χ4n) is 2.41. The van der Waals surface area contributed by atoms with E-state index in [1.54, 1.807) is 6.07 Å². The molecule has 24 heavy (non-hydrogen) atoms. The molecule has 0 fully saturated rings. The number of nitro groups is 1. The largest absolute Gasteiger partial charge is 0.397 e. The van der Waals surface area contributed by atoms with Crippen LogP contribution in [0.1, 0.15) is 0 Å². The maximum atomic E-state index is 12.9. The van der Waals surface area contributed by atoms with Crippen molar-refractivity contribution in [2.24, 2.45) is 0 Å². The van der Waals surface area contributed by atoms with Gasteiger partial charge in [0.25, 0.3) is 5.69 Å². The van der Waals surface area contributed by atoms with Crippen LogP contribution in [0.25, 0.3) is 10.9 Å². The third-order valence-electron chi connectivity index (χ3n) is 3.45. The van der Waals surface area contributed by atoms with Gasteiger partial charge in [-0.2, -0.15) is 0 Å². The number of pyridine rings is 1. The van der Waals surface area contributed by atoms with Crippen LogP contribution in [0.15, 0.2) is 58.5 Å². The Bertz CT molecular complexity index is 1080. The number of nitrogens with zero attached hydrogens (tertiary/aromatic N) is 2. The maximum Gasteiger partial charge on any atom is 0.297 e. The summed E-state index contributed by atoms with van der Waals surface area (Å²) in [5, 5.41) is 11.6. The molecule has 0 radical (unpaired) electrons. The molecule has 1 heterocycles. The zero-order chi connectivity index (χ0) is 17.5. The lowest BCUT2D eigenvalue weighted by atomic mass is 10.1. The van der Waals surface area contributed by atoms with E-state index in [9.17, 15) is 18.5 Å². The lowest BCUT2D eigenvalue weighted by molar-refractivity contribution is -0.386. The number of anilines is 1. The van der Waals surface area contributed by atoms with Crippen LogP contribution in [0.4, 0.5) is 11.4 Å². The van der Waals surface area contributed by atoms with Crippen LogP contribution in [-0.2, 0) is 9.84 Å². The van der Waals surface area contributed by atoms with Crippen LogP contribution in [0.3, 0.4) is 0 Å². The number of sulfone groups is 1. The summed E-state index contributed by atoms with van der Waals surface area (Å²) in [6.45, 7) is 0. The molecule has 7 nitrogen and oxygen atoms in total. The molecule has 0 aliphatic rings. The minimum Gasteiger partial charge on any atom is -0.397 e. The van der Waals surface area contributed by atoms with Crippen LogP contribution in [-0.4, -0.2) is 18.3 Å². The third-order valence-corrected chi connectivity index (χ3v) is 5.72. The number of aromatic nitrogens is 1. The molecule has 1 aromatic heterocycles. The molecule has 0 saturated carbocycles.